The minimum atomic E-state index is -0.982. The van der Waals surface area contributed by atoms with E-state index in [1.807, 2.05) is 0 Å². The quantitative estimate of drug-likeness (QED) is 0.231. The Morgan fingerprint density at radius 2 is 1.91 bits per heavy atom. The molecule has 2 amide bonds. The van der Waals surface area contributed by atoms with Gasteiger partial charge in [0.1, 0.15) is 37.8 Å². The number of carbonyl (C=O) groups excluding carboxylic acids is 5. The highest BCUT2D eigenvalue weighted by Gasteiger charge is 2.47. The summed E-state index contributed by atoms with van der Waals surface area (Å²) in [4.78, 5) is 64.8. The van der Waals surface area contributed by atoms with Crippen LogP contribution < -0.4 is 5.32 Å². The first-order chi connectivity index (χ1) is 21.1. The van der Waals surface area contributed by atoms with Gasteiger partial charge >= 0.3 is 17.9 Å². The van der Waals surface area contributed by atoms with E-state index in [0.29, 0.717) is 30.5 Å². The van der Waals surface area contributed by atoms with E-state index < -0.39 is 53.8 Å². The average Bonchev–Trinajstić information content (AvgIpc) is 3.75. The van der Waals surface area contributed by atoms with Gasteiger partial charge in [0.15, 0.2) is 0 Å². The van der Waals surface area contributed by atoms with Crippen LogP contribution in [0.3, 0.4) is 0 Å². The van der Waals surface area contributed by atoms with Gasteiger partial charge in [-0.1, -0.05) is 26.0 Å². The van der Waals surface area contributed by atoms with Gasteiger partial charge in [0.2, 0.25) is 17.9 Å². The van der Waals surface area contributed by atoms with Crippen molar-refractivity contribution < 1.29 is 52.8 Å². The molecule has 1 aliphatic carbocycles. The lowest BCUT2D eigenvalue weighted by atomic mass is 9.90. The van der Waals surface area contributed by atoms with Gasteiger partial charge in [0.05, 0.1) is 12.2 Å². The van der Waals surface area contributed by atoms with Crippen molar-refractivity contribution in [2.75, 3.05) is 33.1 Å². The molecule has 13 heteroatoms. The third-order valence-corrected chi connectivity index (χ3v) is 8.06. The number of ether oxygens (including phenoxy) is 5. The fraction of sp³-hybridized carbons (Fsp3) is 0.516. The maximum atomic E-state index is 13.5. The number of carbonyl (C=O) groups is 5. The maximum Gasteiger partial charge on any atom is 0.348 e. The fourth-order valence-electron chi connectivity index (χ4n) is 5.67. The second-order valence-electron chi connectivity index (χ2n) is 11.8. The van der Waals surface area contributed by atoms with E-state index in [1.165, 1.54) is 17.1 Å². The van der Waals surface area contributed by atoms with E-state index in [1.54, 1.807) is 44.2 Å². The van der Waals surface area contributed by atoms with Gasteiger partial charge in [-0.25, -0.2) is 14.4 Å². The van der Waals surface area contributed by atoms with E-state index >= 15 is 0 Å². The molecular weight excluding hydrogens is 576 g/mol. The summed E-state index contributed by atoms with van der Waals surface area (Å²) in [5.74, 6) is -2.55. The SMILES string of the molecule is CC1(C)COC(=O)C1OC(=O)C=Cc1ccc(C(=O)OC2CC(C(=O)N3CCCC3C(=O)NCCO)=CC3OCOC32)cc1. The Balaban J connectivity index is 1.20. The second kappa shape index (κ2) is 13.3. The minimum Gasteiger partial charge on any atom is -0.462 e. The fourth-order valence-corrected chi connectivity index (χ4v) is 5.67. The van der Waals surface area contributed by atoms with Gasteiger partial charge in [-0.05, 0) is 42.7 Å². The third-order valence-electron chi connectivity index (χ3n) is 8.06. The highest BCUT2D eigenvalue weighted by Crippen LogP contribution is 2.33. The van der Waals surface area contributed by atoms with Crippen LogP contribution in [-0.4, -0.2) is 103 Å². The number of fused-ring (bicyclic) bond motifs is 1. The number of cyclic esters (lactones) is 1. The van der Waals surface area contributed by atoms with Crippen LogP contribution in [-0.2, 0) is 42.9 Å². The average molecular weight is 613 g/mol. The van der Waals surface area contributed by atoms with Crippen molar-refractivity contribution in [3.8, 4) is 0 Å². The van der Waals surface area contributed by atoms with Crippen LogP contribution in [0.4, 0.5) is 0 Å². The molecule has 0 aromatic heterocycles. The van der Waals surface area contributed by atoms with Crippen molar-refractivity contribution in [2.24, 2.45) is 5.41 Å². The van der Waals surface area contributed by atoms with Gasteiger partial charge in [0, 0.05) is 36.6 Å². The van der Waals surface area contributed by atoms with Gasteiger partial charge in [-0.3, -0.25) is 9.59 Å². The molecule has 236 valence electrons. The van der Waals surface area contributed by atoms with Crippen molar-refractivity contribution in [1.82, 2.24) is 10.2 Å². The third kappa shape index (κ3) is 6.85. The summed E-state index contributed by atoms with van der Waals surface area (Å²) < 4.78 is 27.4. The van der Waals surface area contributed by atoms with Crippen LogP contribution in [0.15, 0.2) is 42.0 Å². The van der Waals surface area contributed by atoms with Crippen LogP contribution in [0.5, 0.6) is 0 Å². The van der Waals surface area contributed by atoms with Crippen LogP contribution >= 0.6 is 0 Å². The van der Waals surface area contributed by atoms with Gasteiger partial charge < -0.3 is 39.0 Å². The molecule has 2 N–H and O–H groups in total. The number of hydrogen-bond acceptors (Lipinski definition) is 11. The summed E-state index contributed by atoms with van der Waals surface area (Å²) in [7, 11) is 0. The molecule has 0 bridgehead atoms. The number of aliphatic hydroxyl groups is 1. The molecule has 1 aromatic rings. The number of rotatable bonds is 9. The summed E-state index contributed by atoms with van der Waals surface area (Å²) in [6.45, 7) is 4.02. The molecule has 3 fully saturated rings. The number of nitrogens with one attached hydrogen (secondary N) is 1. The molecule has 1 aromatic carbocycles. The lowest BCUT2D eigenvalue weighted by Crippen LogP contribution is -2.49. The molecule has 5 unspecified atom stereocenters. The number of hydrogen-bond donors (Lipinski definition) is 2. The Labute approximate surface area is 254 Å². The lowest BCUT2D eigenvalue weighted by molar-refractivity contribution is -0.159. The Bertz CT molecular complexity index is 1350. The Hall–Kier alpha value is -4.07. The van der Waals surface area contributed by atoms with Crippen molar-refractivity contribution in [2.45, 2.75) is 63.6 Å². The first-order valence-electron chi connectivity index (χ1n) is 14.6. The number of aliphatic hydroxyl groups excluding tert-OH is 1. The predicted molar refractivity (Wildman–Crippen MR) is 151 cm³/mol. The Morgan fingerprint density at radius 3 is 2.61 bits per heavy atom. The smallest absolute Gasteiger partial charge is 0.348 e. The van der Waals surface area contributed by atoms with Gasteiger partial charge in [0.25, 0.3) is 0 Å². The van der Waals surface area contributed by atoms with Gasteiger partial charge in [-0.15, -0.1) is 0 Å². The summed E-state index contributed by atoms with van der Waals surface area (Å²) in [5, 5.41) is 11.7. The highest BCUT2D eigenvalue weighted by molar-refractivity contribution is 5.98. The number of likely N-dealkylation sites (tertiary alicyclic amines) is 1. The minimum absolute atomic E-state index is 0.0137. The maximum absolute atomic E-state index is 13.5. The number of benzene rings is 1. The van der Waals surface area contributed by atoms with Crippen LogP contribution in [0, 0.1) is 5.41 Å². The zero-order chi connectivity index (χ0) is 31.4. The molecule has 3 heterocycles. The largest absolute Gasteiger partial charge is 0.462 e. The molecule has 4 aliphatic rings. The molecule has 0 saturated carbocycles. The van der Waals surface area contributed by atoms with Crippen molar-refractivity contribution in [1.29, 1.82) is 0 Å². The van der Waals surface area contributed by atoms with E-state index in [0.717, 1.165) is 0 Å². The first-order valence-corrected chi connectivity index (χ1v) is 14.6. The molecule has 5 atom stereocenters. The van der Waals surface area contributed by atoms with Gasteiger partial charge in [-0.2, -0.15) is 0 Å². The molecule has 5 rings (SSSR count). The number of esters is 3. The van der Waals surface area contributed by atoms with E-state index in [4.69, 9.17) is 28.8 Å². The Morgan fingerprint density at radius 1 is 1.14 bits per heavy atom. The topological polar surface area (TPSA) is 167 Å². The zero-order valence-corrected chi connectivity index (χ0v) is 24.6. The molecule has 3 aliphatic heterocycles. The first kappa shape index (κ1) is 31.4. The normalized spacial score (nSPS) is 27.4. The van der Waals surface area contributed by atoms with Crippen molar-refractivity contribution in [3.63, 3.8) is 0 Å². The molecule has 44 heavy (non-hydrogen) atoms. The molecule has 0 spiro atoms. The molecule has 3 saturated heterocycles. The summed E-state index contributed by atoms with van der Waals surface area (Å²) >= 11 is 0. The predicted octanol–water partition coefficient (Wildman–Crippen LogP) is 0.891. The van der Waals surface area contributed by atoms with Crippen LogP contribution in [0.1, 0.15) is 49.0 Å². The van der Waals surface area contributed by atoms with Crippen LogP contribution in [0.2, 0.25) is 0 Å². The van der Waals surface area contributed by atoms with E-state index in [-0.39, 0.29) is 50.4 Å². The molecule has 0 radical (unpaired) electrons. The van der Waals surface area contributed by atoms with Crippen molar-refractivity contribution >= 4 is 35.8 Å². The number of amides is 2. The summed E-state index contributed by atoms with van der Waals surface area (Å²) in [6, 6.07) is 5.68. The highest BCUT2D eigenvalue weighted by atomic mass is 16.7. The molecule has 13 nitrogen and oxygen atoms in total. The monoisotopic (exact) mass is 612 g/mol. The summed E-state index contributed by atoms with van der Waals surface area (Å²) in [5.41, 5.74) is 0.612. The zero-order valence-electron chi connectivity index (χ0n) is 24.6. The van der Waals surface area contributed by atoms with E-state index in [2.05, 4.69) is 5.32 Å². The lowest BCUT2D eigenvalue weighted by Gasteiger charge is -2.32. The van der Waals surface area contributed by atoms with E-state index in [9.17, 15) is 24.0 Å². The second-order valence-corrected chi connectivity index (χ2v) is 11.8. The molecular formula is C31H36N2O11. The van der Waals surface area contributed by atoms with Crippen LogP contribution in [0.25, 0.3) is 6.08 Å². The summed E-state index contributed by atoms with van der Waals surface area (Å²) in [6.07, 6.45) is 2.67. The van der Waals surface area contributed by atoms with Crippen molar-refractivity contribution in [3.05, 3.63) is 53.1 Å². The number of nitrogens with zero attached hydrogens (tertiary/aromatic N) is 1. The standard InChI is InChI=1S/C31H36N2O11/c1-31(2)16-40-30(39)26(31)44-24(35)10-7-18-5-8-19(9-6-18)29(38)43-23-15-20(14-22-25(23)42-17-41-22)28(37)33-12-3-4-21(33)27(36)32-11-13-34/h5-10,14,21-23,25-26,34H,3-4,11-13,15-17H2,1-2H3,(H,32,36). The Kier molecular flexibility index (Phi) is 9.47.